The van der Waals surface area contributed by atoms with E-state index in [1.54, 1.807) is 0 Å². The van der Waals surface area contributed by atoms with Gasteiger partial charge in [-0.05, 0) is 32.4 Å². The molecule has 18 heavy (non-hydrogen) atoms. The molecule has 1 aromatic carbocycles. The molecular weight excluding hydrogens is 229 g/mol. The molecule has 1 N–H and O–H groups in total. The highest BCUT2D eigenvalue weighted by atomic mass is 19.1. The Labute approximate surface area is 109 Å². The maximum Gasteiger partial charge on any atom is 0.127 e. The molecule has 3 heteroatoms. The Hall–Kier alpha value is -1.09. The number of halogens is 1. The van der Waals surface area contributed by atoms with Crippen molar-refractivity contribution in [3.63, 3.8) is 0 Å². The first-order valence-corrected chi connectivity index (χ1v) is 6.59. The molecule has 0 amide bonds. The molecule has 0 aliphatic carbocycles. The summed E-state index contributed by atoms with van der Waals surface area (Å²) in [5.41, 5.74) is 0.836. The fourth-order valence-electron chi connectivity index (χ4n) is 2.98. The molecule has 1 aliphatic heterocycles. The second-order valence-electron chi connectivity index (χ2n) is 5.88. The van der Waals surface area contributed by atoms with Crippen molar-refractivity contribution in [2.45, 2.75) is 45.3 Å². The second kappa shape index (κ2) is 4.88. The van der Waals surface area contributed by atoms with Crippen molar-refractivity contribution in [1.29, 1.82) is 0 Å². The molecule has 2 nitrogen and oxygen atoms in total. The van der Waals surface area contributed by atoms with E-state index in [0.717, 1.165) is 18.4 Å². The van der Waals surface area contributed by atoms with Crippen molar-refractivity contribution >= 4 is 0 Å². The van der Waals surface area contributed by atoms with E-state index in [2.05, 4.69) is 26.1 Å². The first kappa shape index (κ1) is 13.3. The van der Waals surface area contributed by atoms with Crippen LogP contribution in [0.1, 0.15) is 45.2 Å². The summed E-state index contributed by atoms with van der Waals surface area (Å²) in [4.78, 5) is 0. The van der Waals surface area contributed by atoms with Crippen LogP contribution in [0, 0.1) is 11.7 Å². The van der Waals surface area contributed by atoms with Crippen LogP contribution >= 0.6 is 0 Å². The molecule has 100 valence electrons. The number of rotatable bonds is 3. The van der Waals surface area contributed by atoms with Crippen LogP contribution in [0.4, 0.5) is 4.39 Å². The molecule has 1 aliphatic rings. The lowest BCUT2D eigenvalue weighted by Crippen LogP contribution is -2.42. The summed E-state index contributed by atoms with van der Waals surface area (Å²) < 4.78 is 19.4. The maximum absolute atomic E-state index is 13.3. The van der Waals surface area contributed by atoms with E-state index in [-0.39, 0.29) is 17.5 Å². The van der Waals surface area contributed by atoms with Crippen LogP contribution in [0.5, 0.6) is 5.75 Å². The van der Waals surface area contributed by atoms with Gasteiger partial charge in [0.15, 0.2) is 0 Å². The fraction of sp³-hybridized carbons (Fsp3) is 0.600. The first-order valence-electron chi connectivity index (χ1n) is 6.59. The summed E-state index contributed by atoms with van der Waals surface area (Å²) >= 11 is 0. The van der Waals surface area contributed by atoms with Crippen LogP contribution in [0.25, 0.3) is 0 Å². The Morgan fingerprint density at radius 3 is 2.83 bits per heavy atom. The van der Waals surface area contributed by atoms with E-state index in [4.69, 9.17) is 4.74 Å². The molecule has 0 spiro atoms. The lowest BCUT2D eigenvalue weighted by Gasteiger charge is -2.41. The summed E-state index contributed by atoms with van der Waals surface area (Å²) in [5.74, 6) is 1.00. The largest absolute Gasteiger partial charge is 0.487 e. The molecule has 0 aromatic heterocycles. The zero-order valence-electron chi connectivity index (χ0n) is 11.6. The zero-order chi connectivity index (χ0) is 13.3. The summed E-state index contributed by atoms with van der Waals surface area (Å²) in [6.45, 7) is 6.49. The molecule has 0 saturated carbocycles. The minimum Gasteiger partial charge on any atom is -0.487 e. The Kier molecular flexibility index (Phi) is 3.62. The Morgan fingerprint density at radius 2 is 2.22 bits per heavy atom. The van der Waals surface area contributed by atoms with Gasteiger partial charge in [-0.2, -0.15) is 0 Å². The standard InChI is InChI=1S/C15H22FNO/c1-10(2)8-15(3)9-13(17-4)12-6-5-11(16)7-14(12)18-15/h5-7,10,13,17H,8-9H2,1-4H3. The first-order chi connectivity index (χ1) is 8.43. The molecule has 0 fully saturated rings. The minimum absolute atomic E-state index is 0.220. The van der Waals surface area contributed by atoms with Gasteiger partial charge in [0.05, 0.1) is 0 Å². The Bertz CT molecular complexity index is 433. The fourth-order valence-corrected chi connectivity index (χ4v) is 2.98. The second-order valence-corrected chi connectivity index (χ2v) is 5.88. The van der Waals surface area contributed by atoms with Gasteiger partial charge in [-0.1, -0.05) is 19.9 Å². The quantitative estimate of drug-likeness (QED) is 0.885. The van der Waals surface area contributed by atoms with Gasteiger partial charge in [-0.15, -0.1) is 0 Å². The van der Waals surface area contributed by atoms with Crippen LogP contribution < -0.4 is 10.1 Å². The number of nitrogens with one attached hydrogen (secondary N) is 1. The van der Waals surface area contributed by atoms with E-state index in [0.29, 0.717) is 11.7 Å². The molecular formula is C15H22FNO. The van der Waals surface area contributed by atoms with Crippen LogP contribution in [0.3, 0.4) is 0 Å². The van der Waals surface area contributed by atoms with E-state index >= 15 is 0 Å². The molecule has 2 rings (SSSR count). The van der Waals surface area contributed by atoms with Crippen molar-refractivity contribution in [2.24, 2.45) is 5.92 Å². The number of hydrogen-bond donors (Lipinski definition) is 1. The summed E-state index contributed by atoms with van der Waals surface area (Å²) in [6.07, 6.45) is 1.89. The van der Waals surface area contributed by atoms with Gasteiger partial charge in [0.25, 0.3) is 0 Å². The molecule has 1 heterocycles. The van der Waals surface area contributed by atoms with Crippen molar-refractivity contribution < 1.29 is 9.13 Å². The predicted octanol–water partition coefficient (Wildman–Crippen LogP) is 3.67. The zero-order valence-corrected chi connectivity index (χ0v) is 11.6. The third kappa shape index (κ3) is 2.66. The number of fused-ring (bicyclic) bond motifs is 1. The normalized spacial score (nSPS) is 26.9. The lowest BCUT2D eigenvalue weighted by atomic mass is 9.83. The van der Waals surface area contributed by atoms with Crippen LogP contribution in [0.15, 0.2) is 18.2 Å². The van der Waals surface area contributed by atoms with E-state index in [1.807, 2.05) is 13.1 Å². The smallest absolute Gasteiger partial charge is 0.127 e. The number of hydrogen-bond acceptors (Lipinski definition) is 2. The van der Waals surface area contributed by atoms with Gasteiger partial charge >= 0.3 is 0 Å². The summed E-state index contributed by atoms with van der Waals surface area (Å²) in [5, 5.41) is 3.31. The summed E-state index contributed by atoms with van der Waals surface area (Å²) in [6, 6.07) is 5.05. The topological polar surface area (TPSA) is 21.3 Å². The van der Waals surface area contributed by atoms with Gasteiger partial charge in [-0.3, -0.25) is 0 Å². The lowest BCUT2D eigenvalue weighted by molar-refractivity contribution is 0.0294. The minimum atomic E-state index is -0.239. The Balaban J connectivity index is 2.34. The van der Waals surface area contributed by atoms with E-state index < -0.39 is 0 Å². The van der Waals surface area contributed by atoms with E-state index in [9.17, 15) is 4.39 Å². The molecule has 0 saturated heterocycles. The molecule has 1 aromatic rings. The van der Waals surface area contributed by atoms with Crippen molar-refractivity contribution in [1.82, 2.24) is 5.32 Å². The van der Waals surface area contributed by atoms with E-state index in [1.165, 1.54) is 12.1 Å². The van der Waals surface area contributed by atoms with Crippen molar-refractivity contribution in [3.8, 4) is 5.75 Å². The van der Waals surface area contributed by atoms with Gasteiger partial charge in [0.2, 0.25) is 0 Å². The van der Waals surface area contributed by atoms with Crippen LogP contribution in [0.2, 0.25) is 0 Å². The molecule has 0 bridgehead atoms. The van der Waals surface area contributed by atoms with Gasteiger partial charge < -0.3 is 10.1 Å². The van der Waals surface area contributed by atoms with Gasteiger partial charge in [0, 0.05) is 24.1 Å². The Morgan fingerprint density at radius 1 is 1.50 bits per heavy atom. The predicted molar refractivity (Wildman–Crippen MR) is 71.3 cm³/mol. The van der Waals surface area contributed by atoms with Crippen molar-refractivity contribution in [2.75, 3.05) is 7.05 Å². The highest BCUT2D eigenvalue weighted by Gasteiger charge is 2.37. The molecule has 2 unspecified atom stereocenters. The number of benzene rings is 1. The third-order valence-corrected chi connectivity index (χ3v) is 3.53. The monoisotopic (exact) mass is 251 g/mol. The van der Waals surface area contributed by atoms with Crippen LogP contribution in [-0.2, 0) is 0 Å². The third-order valence-electron chi connectivity index (χ3n) is 3.53. The highest BCUT2D eigenvalue weighted by molar-refractivity contribution is 5.39. The molecule has 2 atom stereocenters. The molecule has 0 radical (unpaired) electrons. The SMILES string of the molecule is CNC1CC(C)(CC(C)C)Oc2cc(F)ccc21. The van der Waals surface area contributed by atoms with Crippen molar-refractivity contribution in [3.05, 3.63) is 29.6 Å². The van der Waals surface area contributed by atoms with Crippen LogP contribution in [-0.4, -0.2) is 12.6 Å². The van der Waals surface area contributed by atoms with Gasteiger partial charge in [0.1, 0.15) is 17.2 Å². The summed E-state index contributed by atoms with van der Waals surface area (Å²) in [7, 11) is 1.94. The average Bonchev–Trinajstić information content (AvgIpc) is 2.25. The average molecular weight is 251 g/mol. The van der Waals surface area contributed by atoms with Gasteiger partial charge in [-0.25, -0.2) is 4.39 Å². The highest BCUT2D eigenvalue weighted by Crippen LogP contribution is 2.42. The maximum atomic E-state index is 13.3. The number of ether oxygens (including phenoxy) is 1.